The van der Waals surface area contributed by atoms with Gasteiger partial charge in [-0.25, -0.2) is 0 Å². The van der Waals surface area contributed by atoms with Crippen LogP contribution in [0.15, 0.2) is 18.2 Å². The van der Waals surface area contributed by atoms with Crippen LogP contribution in [0.2, 0.25) is 0 Å². The van der Waals surface area contributed by atoms with Crippen LogP contribution in [0.1, 0.15) is 6.42 Å². The maximum Gasteiger partial charge on any atom is 0.311 e. The molecule has 7 nitrogen and oxygen atoms in total. The number of hydrogen-bond donors (Lipinski definition) is 0. The molecule has 1 unspecified atom stereocenters. The molecule has 2 rings (SSSR count). The Balaban J connectivity index is 2.07. The summed E-state index contributed by atoms with van der Waals surface area (Å²) in [6, 6.07) is 5.40. The van der Waals surface area contributed by atoms with Gasteiger partial charge >= 0.3 is 5.69 Å². The van der Waals surface area contributed by atoms with E-state index in [-0.39, 0.29) is 5.69 Å². The van der Waals surface area contributed by atoms with E-state index >= 15 is 0 Å². The molecule has 0 spiro atoms. The van der Waals surface area contributed by atoms with Gasteiger partial charge in [-0.2, -0.15) is 0 Å². The van der Waals surface area contributed by atoms with Crippen LogP contribution >= 0.6 is 0 Å². The molecule has 1 atom stereocenters. The topological polar surface area (TPSA) is 68.1 Å². The van der Waals surface area contributed by atoms with E-state index in [1.165, 1.54) is 13.2 Å². The van der Waals surface area contributed by atoms with E-state index < -0.39 is 4.92 Å². The van der Waals surface area contributed by atoms with Crippen LogP contribution in [0.25, 0.3) is 0 Å². The lowest BCUT2D eigenvalue weighted by molar-refractivity contribution is -0.385. The number of methoxy groups -OCH3 is 2. The maximum atomic E-state index is 11.0. The first-order chi connectivity index (χ1) is 10.6. The zero-order valence-corrected chi connectivity index (χ0v) is 13.3. The Kier molecular flexibility index (Phi) is 5.57. The number of rotatable bonds is 7. The summed E-state index contributed by atoms with van der Waals surface area (Å²) < 4.78 is 10.3. The van der Waals surface area contributed by atoms with Gasteiger partial charge in [0.25, 0.3) is 0 Å². The molecule has 1 fully saturated rings. The van der Waals surface area contributed by atoms with Gasteiger partial charge in [-0.05, 0) is 12.5 Å². The van der Waals surface area contributed by atoms with Gasteiger partial charge in [0, 0.05) is 57.7 Å². The molecule has 22 heavy (non-hydrogen) atoms. The molecule has 1 aliphatic heterocycles. The van der Waals surface area contributed by atoms with Crippen LogP contribution in [0.3, 0.4) is 0 Å². The van der Waals surface area contributed by atoms with E-state index in [1.807, 2.05) is 7.05 Å². The lowest BCUT2D eigenvalue weighted by atomic mass is 10.2. The Labute approximate surface area is 130 Å². The number of likely N-dealkylation sites (N-methyl/N-ethyl adjacent to an activating group) is 1. The highest BCUT2D eigenvalue weighted by Crippen LogP contribution is 2.32. The monoisotopic (exact) mass is 309 g/mol. The molecular formula is C15H23N3O4. The third-order valence-corrected chi connectivity index (χ3v) is 4.17. The first-order valence-corrected chi connectivity index (χ1v) is 7.33. The molecule has 1 aromatic carbocycles. The molecule has 0 radical (unpaired) electrons. The van der Waals surface area contributed by atoms with Gasteiger partial charge in [0.05, 0.1) is 18.6 Å². The minimum atomic E-state index is -0.426. The predicted octanol–water partition coefficient (Wildman–Crippen LogP) is 1.76. The molecular weight excluding hydrogens is 286 g/mol. The number of hydrogen-bond acceptors (Lipinski definition) is 6. The summed E-state index contributed by atoms with van der Waals surface area (Å²) in [6.45, 7) is 3.69. The van der Waals surface area contributed by atoms with Gasteiger partial charge in [-0.1, -0.05) is 0 Å². The van der Waals surface area contributed by atoms with Crippen molar-refractivity contribution in [2.45, 2.75) is 12.5 Å². The second kappa shape index (κ2) is 7.42. The van der Waals surface area contributed by atoms with E-state index in [0.717, 1.165) is 38.3 Å². The van der Waals surface area contributed by atoms with E-state index in [4.69, 9.17) is 9.47 Å². The summed E-state index contributed by atoms with van der Waals surface area (Å²) in [5.41, 5.74) is 0.925. The quantitative estimate of drug-likeness (QED) is 0.565. The fraction of sp³-hybridized carbons (Fsp3) is 0.600. The predicted molar refractivity (Wildman–Crippen MR) is 84.8 cm³/mol. The summed E-state index contributed by atoms with van der Waals surface area (Å²) in [7, 11) is 5.18. The molecule has 0 aromatic heterocycles. The van der Waals surface area contributed by atoms with Crippen molar-refractivity contribution in [1.82, 2.24) is 4.90 Å². The number of nitrogens with zero attached hydrogens (tertiary/aromatic N) is 3. The maximum absolute atomic E-state index is 11.0. The molecule has 7 heteroatoms. The molecule has 1 aliphatic rings. The molecule has 0 bridgehead atoms. The Morgan fingerprint density at radius 2 is 2.23 bits per heavy atom. The molecule has 0 aliphatic carbocycles. The normalized spacial score (nSPS) is 18.4. The SMILES string of the molecule is COCCN1CCC(N(C)c2ccc([N+](=O)[O-])c(OC)c2)C1. The Morgan fingerprint density at radius 3 is 2.86 bits per heavy atom. The second-order valence-corrected chi connectivity index (χ2v) is 5.46. The number of nitro groups is 1. The highest BCUT2D eigenvalue weighted by atomic mass is 16.6. The van der Waals surface area contributed by atoms with Gasteiger partial charge in [0.15, 0.2) is 5.75 Å². The van der Waals surface area contributed by atoms with Crippen molar-refractivity contribution in [1.29, 1.82) is 0 Å². The van der Waals surface area contributed by atoms with Crippen molar-refractivity contribution < 1.29 is 14.4 Å². The van der Waals surface area contributed by atoms with Gasteiger partial charge in [-0.15, -0.1) is 0 Å². The van der Waals surface area contributed by atoms with Gasteiger partial charge in [-0.3, -0.25) is 15.0 Å². The smallest absolute Gasteiger partial charge is 0.311 e. The van der Waals surface area contributed by atoms with Crippen molar-refractivity contribution >= 4 is 11.4 Å². The van der Waals surface area contributed by atoms with E-state index in [0.29, 0.717) is 11.8 Å². The van der Waals surface area contributed by atoms with Crippen LogP contribution in [-0.2, 0) is 4.74 Å². The van der Waals surface area contributed by atoms with E-state index in [1.54, 1.807) is 19.2 Å². The Hall–Kier alpha value is -1.86. The summed E-state index contributed by atoms with van der Waals surface area (Å²) >= 11 is 0. The number of nitro benzene ring substituents is 1. The number of benzene rings is 1. The van der Waals surface area contributed by atoms with Crippen LogP contribution in [0, 0.1) is 10.1 Å². The van der Waals surface area contributed by atoms with Crippen molar-refractivity contribution in [2.75, 3.05) is 52.4 Å². The Bertz CT molecular complexity index is 524. The lowest BCUT2D eigenvalue weighted by Crippen LogP contribution is -2.35. The van der Waals surface area contributed by atoms with Crippen molar-refractivity contribution in [2.24, 2.45) is 0 Å². The number of ether oxygens (including phenoxy) is 2. The first kappa shape index (κ1) is 16.5. The molecule has 1 heterocycles. The summed E-state index contributed by atoms with van der Waals surface area (Å²) in [5, 5.41) is 11.0. The first-order valence-electron chi connectivity index (χ1n) is 7.33. The number of likely N-dealkylation sites (tertiary alicyclic amines) is 1. The van der Waals surface area contributed by atoms with Gasteiger partial charge in [0.2, 0.25) is 0 Å². The van der Waals surface area contributed by atoms with Gasteiger partial charge in [0.1, 0.15) is 0 Å². The zero-order valence-electron chi connectivity index (χ0n) is 13.3. The van der Waals surface area contributed by atoms with Crippen molar-refractivity contribution in [3.8, 4) is 5.75 Å². The summed E-state index contributed by atoms with van der Waals surface area (Å²) in [6.07, 6.45) is 1.07. The highest BCUT2D eigenvalue weighted by Gasteiger charge is 2.26. The summed E-state index contributed by atoms with van der Waals surface area (Å²) in [5.74, 6) is 0.295. The number of anilines is 1. The lowest BCUT2D eigenvalue weighted by Gasteiger charge is -2.27. The zero-order chi connectivity index (χ0) is 16.1. The average Bonchev–Trinajstić information content (AvgIpc) is 3.00. The molecule has 0 saturated carbocycles. The Morgan fingerprint density at radius 1 is 1.45 bits per heavy atom. The third kappa shape index (κ3) is 3.66. The molecule has 1 saturated heterocycles. The highest BCUT2D eigenvalue weighted by molar-refractivity contribution is 5.59. The standard InChI is InChI=1S/C15H23N3O4/c1-16(13-6-7-17(11-13)8-9-21-2)12-4-5-14(18(19)20)15(10-12)22-3/h4-5,10,13H,6-9,11H2,1-3H3. The summed E-state index contributed by atoms with van der Waals surface area (Å²) in [4.78, 5) is 15.1. The average molecular weight is 309 g/mol. The second-order valence-electron chi connectivity index (χ2n) is 5.46. The van der Waals surface area contributed by atoms with E-state index in [9.17, 15) is 10.1 Å². The third-order valence-electron chi connectivity index (χ3n) is 4.17. The minimum Gasteiger partial charge on any atom is -0.490 e. The minimum absolute atomic E-state index is 0.00667. The molecule has 0 N–H and O–H groups in total. The van der Waals surface area contributed by atoms with Crippen LogP contribution in [0.5, 0.6) is 5.75 Å². The van der Waals surface area contributed by atoms with Crippen LogP contribution in [0.4, 0.5) is 11.4 Å². The van der Waals surface area contributed by atoms with Crippen LogP contribution in [-0.4, -0.2) is 63.4 Å². The largest absolute Gasteiger partial charge is 0.490 e. The molecule has 0 amide bonds. The van der Waals surface area contributed by atoms with Crippen molar-refractivity contribution in [3.05, 3.63) is 28.3 Å². The van der Waals surface area contributed by atoms with Gasteiger partial charge < -0.3 is 14.4 Å². The fourth-order valence-electron chi connectivity index (χ4n) is 2.80. The van der Waals surface area contributed by atoms with Crippen molar-refractivity contribution in [3.63, 3.8) is 0 Å². The fourth-order valence-corrected chi connectivity index (χ4v) is 2.80. The van der Waals surface area contributed by atoms with Crippen LogP contribution < -0.4 is 9.64 Å². The van der Waals surface area contributed by atoms with E-state index in [2.05, 4.69) is 9.80 Å². The molecule has 122 valence electrons. The molecule has 1 aromatic rings.